The van der Waals surface area contributed by atoms with Crippen molar-refractivity contribution in [2.24, 2.45) is 0 Å². The first-order valence-electron chi connectivity index (χ1n) is 8.87. The summed E-state index contributed by atoms with van der Waals surface area (Å²) in [5.74, 6) is -2.75. The summed E-state index contributed by atoms with van der Waals surface area (Å²) in [5.41, 5.74) is 6.45. The molecule has 1 atom stereocenters. The monoisotopic (exact) mass is 393 g/mol. The predicted octanol–water partition coefficient (Wildman–Crippen LogP) is 0.371. The molecule has 0 saturated heterocycles. The number of H-pyrrole nitrogens is 2. The van der Waals surface area contributed by atoms with Gasteiger partial charge in [-0.2, -0.15) is 4.98 Å². The van der Waals surface area contributed by atoms with Gasteiger partial charge in [0.15, 0.2) is 0 Å². The molecule has 0 saturated carbocycles. The third kappa shape index (κ3) is 6.11. The van der Waals surface area contributed by atoms with Crippen LogP contribution in [0.4, 0.5) is 5.95 Å². The Bertz CT molecular complexity index is 918. The van der Waals surface area contributed by atoms with Gasteiger partial charge < -0.3 is 26.2 Å². The second-order valence-electron chi connectivity index (χ2n) is 6.46. The fraction of sp³-hybridized carbons (Fsp3) is 0.471. The van der Waals surface area contributed by atoms with Gasteiger partial charge in [0.1, 0.15) is 11.7 Å². The topological polar surface area (TPSA) is 191 Å². The summed E-state index contributed by atoms with van der Waals surface area (Å²) in [6.45, 7) is 0. The molecule has 0 bridgehead atoms. The smallest absolute Gasteiger partial charge is 0.326 e. The quantitative estimate of drug-likeness (QED) is 0.295. The fourth-order valence-corrected chi connectivity index (χ4v) is 2.80. The maximum Gasteiger partial charge on any atom is 0.326 e. The number of aromatic nitrogens is 3. The van der Waals surface area contributed by atoms with Gasteiger partial charge in [-0.05, 0) is 31.7 Å². The predicted molar refractivity (Wildman–Crippen MR) is 99.7 cm³/mol. The van der Waals surface area contributed by atoms with Crippen molar-refractivity contribution in [3.8, 4) is 0 Å². The number of hydrogen-bond acceptors (Lipinski definition) is 6. The number of carboxylic acid groups (broad SMARTS) is 2. The zero-order valence-corrected chi connectivity index (χ0v) is 15.2. The Morgan fingerprint density at radius 1 is 1.14 bits per heavy atom. The number of nitrogens with two attached hydrogens (primary N) is 1. The van der Waals surface area contributed by atoms with Crippen molar-refractivity contribution in [3.05, 3.63) is 22.1 Å². The Labute approximate surface area is 159 Å². The van der Waals surface area contributed by atoms with Gasteiger partial charge in [-0.15, -0.1) is 0 Å². The number of aromatic amines is 2. The average Bonchev–Trinajstić information content (AvgIpc) is 3.01. The molecule has 1 amide bonds. The molecule has 0 fully saturated rings. The highest BCUT2D eigenvalue weighted by molar-refractivity contribution is 5.83. The van der Waals surface area contributed by atoms with E-state index in [2.05, 4.69) is 20.3 Å². The maximum absolute atomic E-state index is 11.8. The Morgan fingerprint density at radius 2 is 1.89 bits per heavy atom. The Kier molecular flexibility index (Phi) is 7.13. The minimum atomic E-state index is -1.25. The van der Waals surface area contributed by atoms with Crippen LogP contribution in [0, 0.1) is 0 Å². The van der Waals surface area contributed by atoms with E-state index in [9.17, 15) is 19.2 Å². The van der Waals surface area contributed by atoms with Crippen LogP contribution in [0.15, 0.2) is 10.9 Å². The van der Waals surface area contributed by atoms with E-state index in [0.717, 1.165) is 18.5 Å². The highest BCUT2D eigenvalue weighted by Crippen LogP contribution is 2.13. The number of nitrogens with one attached hydrogen (secondary N) is 3. The zero-order valence-electron chi connectivity index (χ0n) is 15.2. The number of carboxylic acids is 2. The summed E-state index contributed by atoms with van der Waals surface area (Å²) in [7, 11) is 0. The molecule has 7 N–H and O–H groups in total. The van der Waals surface area contributed by atoms with Crippen LogP contribution in [0.2, 0.25) is 0 Å². The van der Waals surface area contributed by atoms with E-state index >= 15 is 0 Å². The fourth-order valence-electron chi connectivity index (χ4n) is 2.80. The lowest BCUT2D eigenvalue weighted by Crippen LogP contribution is -2.41. The Hall–Kier alpha value is -3.37. The van der Waals surface area contributed by atoms with E-state index in [1.165, 1.54) is 0 Å². The van der Waals surface area contributed by atoms with Crippen LogP contribution in [-0.4, -0.2) is 49.1 Å². The van der Waals surface area contributed by atoms with Gasteiger partial charge in [0.25, 0.3) is 5.56 Å². The third-order valence-electron chi connectivity index (χ3n) is 4.20. The summed E-state index contributed by atoms with van der Waals surface area (Å²) in [5, 5.41) is 20.4. The summed E-state index contributed by atoms with van der Waals surface area (Å²) >= 11 is 0. The molecule has 2 aromatic rings. The molecule has 2 aromatic heterocycles. The second-order valence-corrected chi connectivity index (χ2v) is 6.46. The number of aliphatic carboxylic acids is 2. The molecule has 11 heteroatoms. The lowest BCUT2D eigenvalue weighted by Gasteiger charge is -2.13. The van der Waals surface area contributed by atoms with Gasteiger partial charge in [-0.3, -0.25) is 19.4 Å². The maximum atomic E-state index is 11.8. The summed E-state index contributed by atoms with van der Waals surface area (Å²) in [4.78, 5) is 54.7. The van der Waals surface area contributed by atoms with Crippen molar-refractivity contribution in [1.82, 2.24) is 20.3 Å². The van der Waals surface area contributed by atoms with Gasteiger partial charge >= 0.3 is 11.9 Å². The first-order valence-corrected chi connectivity index (χ1v) is 8.87. The van der Waals surface area contributed by atoms with Gasteiger partial charge in [-0.25, -0.2) is 4.79 Å². The number of anilines is 1. The van der Waals surface area contributed by atoms with Gasteiger partial charge in [-0.1, -0.05) is 6.42 Å². The molecule has 28 heavy (non-hydrogen) atoms. The molecule has 0 aliphatic rings. The molecular weight excluding hydrogens is 370 g/mol. The lowest BCUT2D eigenvalue weighted by molar-refractivity contribution is -0.143. The highest BCUT2D eigenvalue weighted by Gasteiger charge is 2.20. The van der Waals surface area contributed by atoms with Crippen molar-refractivity contribution in [2.75, 3.05) is 5.73 Å². The van der Waals surface area contributed by atoms with Crippen molar-refractivity contribution >= 4 is 34.8 Å². The molecule has 2 rings (SSSR count). The van der Waals surface area contributed by atoms with Crippen LogP contribution in [0.5, 0.6) is 0 Å². The largest absolute Gasteiger partial charge is 0.481 e. The molecular formula is C17H23N5O6. The molecule has 0 unspecified atom stereocenters. The normalized spacial score (nSPS) is 12.0. The van der Waals surface area contributed by atoms with Crippen LogP contribution in [-0.2, 0) is 20.8 Å². The molecule has 0 aliphatic carbocycles. The van der Waals surface area contributed by atoms with E-state index in [1.807, 2.05) is 0 Å². The zero-order chi connectivity index (χ0) is 20.7. The SMILES string of the molecule is Nc1nc2[nH]c(CCCCCC(=O)N[C@@H](CCC(=O)O)C(=O)O)cc2c(=O)[nH]1. The van der Waals surface area contributed by atoms with Gasteiger partial charge in [0.05, 0.1) is 5.39 Å². The van der Waals surface area contributed by atoms with E-state index in [-0.39, 0.29) is 30.8 Å². The minimum Gasteiger partial charge on any atom is -0.481 e. The van der Waals surface area contributed by atoms with Crippen LogP contribution in [0.25, 0.3) is 11.0 Å². The number of amides is 1. The summed E-state index contributed by atoms with van der Waals surface area (Å²) < 4.78 is 0. The van der Waals surface area contributed by atoms with Crippen molar-refractivity contribution in [3.63, 3.8) is 0 Å². The van der Waals surface area contributed by atoms with E-state index in [0.29, 0.717) is 23.9 Å². The minimum absolute atomic E-state index is 0.0416. The standard InChI is InChI=1S/C17H23N5O6/c18-17-21-14-10(15(26)22-17)8-9(19-14)4-2-1-3-5-12(23)20-11(16(27)28)6-7-13(24)25/h8,11H,1-7H2,(H,20,23)(H,24,25)(H,27,28)(H4,18,19,21,22,26)/t11-/m0/s1. The number of fused-ring (bicyclic) bond motifs is 1. The third-order valence-corrected chi connectivity index (χ3v) is 4.20. The van der Waals surface area contributed by atoms with Crippen molar-refractivity contribution in [1.29, 1.82) is 0 Å². The number of aryl methyl sites for hydroxylation is 1. The molecule has 152 valence electrons. The number of unbranched alkanes of at least 4 members (excludes halogenated alkanes) is 2. The van der Waals surface area contributed by atoms with E-state index in [4.69, 9.17) is 15.9 Å². The van der Waals surface area contributed by atoms with Crippen molar-refractivity contribution < 1.29 is 24.6 Å². The number of carbonyl (C=O) groups excluding carboxylic acids is 1. The summed E-state index contributed by atoms with van der Waals surface area (Å²) in [6.07, 6.45) is 2.37. The number of hydrogen-bond donors (Lipinski definition) is 6. The average molecular weight is 393 g/mol. The number of rotatable bonds is 11. The van der Waals surface area contributed by atoms with E-state index in [1.54, 1.807) is 6.07 Å². The summed E-state index contributed by atoms with van der Waals surface area (Å²) in [6, 6.07) is 0.515. The molecule has 0 aliphatic heterocycles. The Morgan fingerprint density at radius 3 is 2.57 bits per heavy atom. The highest BCUT2D eigenvalue weighted by atomic mass is 16.4. The van der Waals surface area contributed by atoms with Crippen LogP contribution in [0.3, 0.4) is 0 Å². The first kappa shape index (κ1) is 20.9. The van der Waals surface area contributed by atoms with Crippen molar-refractivity contribution in [2.45, 2.75) is 51.0 Å². The van der Waals surface area contributed by atoms with E-state index < -0.39 is 23.9 Å². The molecule has 0 aromatic carbocycles. The molecule has 11 nitrogen and oxygen atoms in total. The molecule has 0 spiro atoms. The molecule has 2 heterocycles. The van der Waals surface area contributed by atoms with Gasteiger partial charge in [0, 0.05) is 18.5 Å². The number of carbonyl (C=O) groups is 3. The molecule has 0 radical (unpaired) electrons. The van der Waals surface area contributed by atoms with Crippen LogP contribution < -0.4 is 16.6 Å². The second kappa shape index (κ2) is 9.53. The van der Waals surface area contributed by atoms with Crippen LogP contribution in [0.1, 0.15) is 44.2 Å². The Balaban J connectivity index is 1.73. The number of nitrogen functional groups attached to an aromatic ring is 1. The number of nitrogens with zero attached hydrogens (tertiary/aromatic N) is 1. The lowest BCUT2D eigenvalue weighted by atomic mass is 10.1. The first-order chi connectivity index (χ1) is 13.3. The van der Waals surface area contributed by atoms with Gasteiger partial charge in [0.2, 0.25) is 11.9 Å². The van der Waals surface area contributed by atoms with Crippen LogP contribution >= 0.6 is 0 Å².